The van der Waals surface area contributed by atoms with E-state index in [9.17, 15) is 5.11 Å². The van der Waals surface area contributed by atoms with Crippen molar-refractivity contribution in [3.05, 3.63) is 46.7 Å². The molecule has 0 aliphatic heterocycles. The van der Waals surface area contributed by atoms with E-state index in [0.717, 1.165) is 10.2 Å². The van der Waals surface area contributed by atoms with E-state index in [2.05, 4.69) is 20.9 Å². The van der Waals surface area contributed by atoms with Crippen LogP contribution in [0.3, 0.4) is 0 Å². The first-order chi connectivity index (χ1) is 8.74. The Morgan fingerprint density at radius 3 is 2.78 bits per heavy atom. The van der Waals surface area contributed by atoms with Crippen LogP contribution in [0.5, 0.6) is 17.2 Å². The lowest BCUT2D eigenvalue weighted by Crippen LogP contribution is -1.93. The maximum absolute atomic E-state index is 9.21. The molecule has 0 bridgehead atoms. The molecule has 0 saturated heterocycles. The van der Waals surface area contributed by atoms with Gasteiger partial charge < -0.3 is 14.6 Å². The van der Waals surface area contributed by atoms with E-state index in [4.69, 9.17) is 9.47 Å². The molecule has 4 nitrogen and oxygen atoms in total. The quantitative estimate of drug-likeness (QED) is 0.942. The summed E-state index contributed by atoms with van der Waals surface area (Å²) in [5, 5.41) is 9.21. The van der Waals surface area contributed by atoms with Crippen LogP contribution in [-0.2, 0) is 6.61 Å². The van der Waals surface area contributed by atoms with Crippen LogP contribution in [-0.4, -0.2) is 17.2 Å². The first-order valence-electron chi connectivity index (χ1n) is 5.29. The van der Waals surface area contributed by atoms with Gasteiger partial charge in [-0.1, -0.05) is 0 Å². The van der Waals surface area contributed by atoms with E-state index in [1.165, 1.54) is 0 Å². The van der Waals surface area contributed by atoms with Crippen molar-refractivity contribution in [1.82, 2.24) is 4.98 Å². The fourth-order valence-corrected chi connectivity index (χ4v) is 1.88. The number of aliphatic hydroxyl groups is 1. The predicted octanol–water partition coefficient (Wildman–Crippen LogP) is 3.14. The summed E-state index contributed by atoms with van der Waals surface area (Å²) in [6.07, 6.45) is 3.18. The van der Waals surface area contributed by atoms with Crippen molar-refractivity contribution in [2.24, 2.45) is 0 Å². The van der Waals surface area contributed by atoms with Gasteiger partial charge in [0.1, 0.15) is 11.5 Å². The molecule has 0 aliphatic carbocycles. The minimum Gasteiger partial charge on any atom is -0.497 e. The van der Waals surface area contributed by atoms with Crippen molar-refractivity contribution in [3.8, 4) is 17.2 Å². The van der Waals surface area contributed by atoms with Gasteiger partial charge in [-0.2, -0.15) is 0 Å². The predicted molar refractivity (Wildman–Crippen MR) is 70.9 cm³/mol. The van der Waals surface area contributed by atoms with Crippen molar-refractivity contribution < 1.29 is 14.6 Å². The maximum atomic E-state index is 9.21. The van der Waals surface area contributed by atoms with Crippen molar-refractivity contribution in [1.29, 1.82) is 0 Å². The Bertz CT molecular complexity index is 546. The van der Waals surface area contributed by atoms with E-state index in [0.29, 0.717) is 17.1 Å². The third kappa shape index (κ3) is 2.80. The first-order valence-corrected chi connectivity index (χ1v) is 6.09. The van der Waals surface area contributed by atoms with Crippen LogP contribution < -0.4 is 9.47 Å². The molecule has 94 valence electrons. The Hall–Kier alpha value is -1.59. The highest BCUT2D eigenvalue weighted by Gasteiger charge is 2.07. The molecular weight excluding hydrogens is 298 g/mol. The molecular formula is C13H12BrNO3. The van der Waals surface area contributed by atoms with Gasteiger partial charge in [-0.3, -0.25) is 4.98 Å². The molecule has 5 heteroatoms. The van der Waals surface area contributed by atoms with Crippen LogP contribution in [0, 0.1) is 0 Å². The molecule has 0 saturated carbocycles. The second-order valence-corrected chi connectivity index (χ2v) is 4.39. The summed E-state index contributed by atoms with van der Waals surface area (Å²) in [6, 6.07) is 7.11. The van der Waals surface area contributed by atoms with Gasteiger partial charge in [-0.25, -0.2) is 0 Å². The Morgan fingerprint density at radius 1 is 1.28 bits per heavy atom. The normalized spacial score (nSPS) is 10.2. The molecule has 0 amide bonds. The third-order valence-electron chi connectivity index (χ3n) is 2.40. The molecule has 0 fully saturated rings. The second kappa shape index (κ2) is 5.84. The fraction of sp³-hybridized carbons (Fsp3) is 0.154. The zero-order chi connectivity index (χ0) is 13.0. The summed E-state index contributed by atoms with van der Waals surface area (Å²) in [6.45, 7) is -0.0916. The number of pyridine rings is 1. The molecule has 0 atom stereocenters. The molecule has 1 heterocycles. The Morgan fingerprint density at radius 2 is 2.11 bits per heavy atom. The molecule has 2 aromatic rings. The Kier molecular flexibility index (Phi) is 4.17. The van der Waals surface area contributed by atoms with Gasteiger partial charge in [-0.05, 0) is 40.2 Å². The zero-order valence-electron chi connectivity index (χ0n) is 9.76. The average Bonchev–Trinajstić information content (AvgIpc) is 2.41. The van der Waals surface area contributed by atoms with Crippen LogP contribution in [0.2, 0.25) is 0 Å². The molecule has 0 spiro atoms. The fourth-order valence-electron chi connectivity index (χ4n) is 1.44. The lowest BCUT2D eigenvalue weighted by Gasteiger charge is -2.11. The summed E-state index contributed by atoms with van der Waals surface area (Å²) in [5.41, 5.74) is 0.688. The topological polar surface area (TPSA) is 51.6 Å². The van der Waals surface area contributed by atoms with Gasteiger partial charge in [0.25, 0.3) is 0 Å². The number of aromatic nitrogens is 1. The van der Waals surface area contributed by atoms with E-state index in [1.54, 1.807) is 37.7 Å². The summed E-state index contributed by atoms with van der Waals surface area (Å²) in [7, 11) is 1.60. The van der Waals surface area contributed by atoms with Gasteiger partial charge in [0, 0.05) is 11.8 Å². The second-order valence-electron chi connectivity index (χ2n) is 3.54. The van der Waals surface area contributed by atoms with E-state index in [-0.39, 0.29) is 6.61 Å². The lowest BCUT2D eigenvalue weighted by molar-refractivity contribution is 0.276. The summed E-state index contributed by atoms with van der Waals surface area (Å²) >= 11 is 3.40. The molecule has 1 aromatic carbocycles. The van der Waals surface area contributed by atoms with Crippen molar-refractivity contribution in [2.75, 3.05) is 7.11 Å². The van der Waals surface area contributed by atoms with E-state index >= 15 is 0 Å². The highest BCUT2D eigenvalue weighted by atomic mass is 79.9. The zero-order valence-corrected chi connectivity index (χ0v) is 11.3. The average molecular weight is 310 g/mol. The van der Waals surface area contributed by atoms with Crippen LogP contribution in [0.4, 0.5) is 0 Å². The molecule has 0 radical (unpaired) electrons. The number of halogens is 1. The number of hydrogen-bond acceptors (Lipinski definition) is 4. The van der Waals surface area contributed by atoms with Crippen LogP contribution in [0.15, 0.2) is 41.1 Å². The van der Waals surface area contributed by atoms with Crippen LogP contribution >= 0.6 is 15.9 Å². The monoisotopic (exact) mass is 309 g/mol. The van der Waals surface area contributed by atoms with E-state index < -0.39 is 0 Å². The number of rotatable bonds is 4. The molecule has 2 rings (SSSR count). The summed E-state index contributed by atoms with van der Waals surface area (Å²) in [5.74, 6) is 1.91. The van der Waals surface area contributed by atoms with Gasteiger partial charge >= 0.3 is 0 Å². The summed E-state index contributed by atoms with van der Waals surface area (Å²) in [4.78, 5) is 3.98. The van der Waals surface area contributed by atoms with Crippen molar-refractivity contribution in [2.45, 2.75) is 6.61 Å². The third-order valence-corrected chi connectivity index (χ3v) is 3.02. The number of nitrogens with zero attached hydrogens (tertiary/aromatic N) is 1. The number of hydrogen-bond donors (Lipinski definition) is 1. The van der Waals surface area contributed by atoms with E-state index in [1.807, 2.05) is 6.07 Å². The smallest absolute Gasteiger partial charge is 0.151 e. The van der Waals surface area contributed by atoms with Gasteiger partial charge in [0.2, 0.25) is 0 Å². The largest absolute Gasteiger partial charge is 0.497 e. The minimum absolute atomic E-state index is 0.0916. The SMILES string of the molecule is COc1ccc(Oc2cnccc2CO)c(Br)c1. The van der Waals surface area contributed by atoms with Gasteiger partial charge in [-0.15, -0.1) is 0 Å². The number of ether oxygens (including phenoxy) is 2. The summed E-state index contributed by atoms with van der Waals surface area (Å²) < 4.78 is 11.6. The van der Waals surface area contributed by atoms with Crippen LogP contribution in [0.25, 0.3) is 0 Å². The first kappa shape index (κ1) is 12.9. The number of methoxy groups -OCH3 is 1. The van der Waals surface area contributed by atoms with Gasteiger partial charge in [0.05, 0.1) is 24.4 Å². The lowest BCUT2D eigenvalue weighted by atomic mass is 10.2. The number of benzene rings is 1. The molecule has 1 aromatic heterocycles. The highest BCUT2D eigenvalue weighted by molar-refractivity contribution is 9.10. The Balaban J connectivity index is 2.28. The highest BCUT2D eigenvalue weighted by Crippen LogP contribution is 2.33. The minimum atomic E-state index is -0.0916. The number of aliphatic hydroxyl groups excluding tert-OH is 1. The van der Waals surface area contributed by atoms with Gasteiger partial charge in [0.15, 0.2) is 5.75 Å². The molecule has 0 unspecified atom stereocenters. The molecule has 1 N–H and O–H groups in total. The maximum Gasteiger partial charge on any atom is 0.151 e. The standard InChI is InChI=1S/C13H12BrNO3/c1-17-10-2-3-12(11(14)6-10)18-13-7-15-5-4-9(13)8-16/h2-7,16H,8H2,1H3. The molecule has 18 heavy (non-hydrogen) atoms. The van der Waals surface area contributed by atoms with Crippen LogP contribution in [0.1, 0.15) is 5.56 Å². The van der Waals surface area contributed by atoms with Crippen molar-refractivity contribution >= 4 is 15.9 Å². The Labute approximate surface area is 113 Å². The van der Waals surface area contributed by atoms with Crippen molar-refractivity contribution in [3.63, 3.8) is 0 Å². The molecule has 0 aliphatic rings.